The summed E-state index contributed by atoms with van der Waals surface area (Å²) in [6.07, 6.45) is 0.314. The van der Waals surface area contributed by atoms with Gasteiger partial charge >= 0.3 is 5.97 Å². The summed E-state index contributed by atoms with van der Waals surface area (Å²) in [7, 11) is 1.28. The van der Waals surface area contributed by atoms with Gasteiger partial charge in [-0.25, -0.2) is 4.79 Å². The maximum absolute atomic E-state index is 12.7. The first-order valence-electron chi connectivity index (χ1n) is 8.94. The molecule has 0 saturated carbocycles. The Labute approximate surface area is 172 Å². The molecule has 0 aliphatic rings. The third-order valence-electron chi connectivity index (χ3n) is 4.20. The minimum absolute atomic E-state index is 0.242. The van der Waals surface area contributed by atoms with E-state index in [4.69, 9.17) is 4.74 Å². The van der Waals surface area contributed by atoms with Crippen molar-refractivity contribution in [2.24, 2.45) is 0 Å². The highest BCUT2D eigenvalue weighted by atomic mass is 32.1. The molecule has 0 spiro atoms. The summed E-state index contributed by atoms with van der Waals surface area (Å²) in [5, 5.41) is 7.30. The van der Waals surface area contributed by atoms with Crippen molar-refractivity contribution in [2.75, 3.05) is 12.4 Å². The van der Waals surface area contributed by atoms with E-state index in [2.05, 4.69) is 10.6 Å². The van der Waals surface area contributed by atoms with Gasteiger partial charge in [0.2, 0.25) is 0 Å². The Balaban J connectivity index is 1.71. The third-order valence-corrected chi connectivity index (χ3v) is 5.07. The number of benzene rings is 2. The van der Waals surface area contributed by atoms with Crippen molar-refractivity contribution in [3.63, 3.8) is 0 Å². The fraction of sp³-hybridized carbons (Fsp3) is 0.136. The maximum atomic E-state index is 12.7. The number of amides is 2. The van der Waals surface area contributed by atoms with Crippen LogP contribution in [-0.2, 0) is 16.0 Å². The number of thiophene rings is 1. The zero-order valence-electron chi connectivity index (χ0n) is 15.8. The number of ether oxygens (including phenoxy) is 1. The van der Waals surface area contributed by atoms with Gasteiger partial charge in [-0.05, 0) is 35.2 Å². The number of rotatable bonds is 7. The van der Waals surface area contributed by atoms with E-state index in [1.54, 1.807) is 36.4 Å². The molecule has 0 saturated heterocycles. The molecule has 148 valence electrons. The van der Waals surface area contributed by atoms with Crippen LogP contribution in [0.25, 0.3) is 0 Å². The predicted molar refractivity (Wildman–Crippen MR) is 112 cm³/mol. The number of anilines is 1. The number of hydrogen-bond acceptors (Lipinski definition) is 5. The van der Waals surface area contributed by atoms with Crippen LogP contribution in [0.1, 0.15) is 25.6 Å². The SMILES string of the molecule is COC(=O)[C@H](Cc1ccccc1)NC(=O)c1cccc(NC(=O)c2cccs2)c1. The van der Waals surface area contributed by atoms with E-state index < -0.39 is 17.9 Å². The minimum atomic E-state index is -0.820. The fourth-order valence-corrected chi connectivity index (χ4v) is 3.38. The summed E-state index contributed by atoms with van der Waals surface area (Å²) in [4.78, 5) is 37.6. The Hall–Kier alpha value is -3.45. The molecule has 1 heterocycles. The van der Waals surface area contributed by atoms with Gasteiger partial charge in [-0.3, -0.25) is 9.59 Å². The van der Waals surface area contributed by atoms with Crippen molar-refractivity contribution < 1.29 is 19.1 Å². The number of carbonyl (C=O) groups excluding carboxylic acids is 3. The highest BCUT2D eigenvalue weighted by molar-refractivity contribution is 7.12. The first-order chi connectivity index (χ1) is 14.1. The summed E-state index contributed by atoms with van der Waals surface area (Å²) < 4.78 is 4.83. The standard InChI is InChI=1S/C22H20N2O4S/c1-28-22(27)18(13-15-7-3-2-4-8-15)24-20(25)16-9-5-10-17(14-16)23-21(26)19-11-6-12-29-19/h2-12,14,18H,13H2,1H3,(H,23,26)(H,24,25)/t18-/m0/s1. The van der Waals surface area contributed by atoms with Gasteiger partial charge in [0.15, 0.2) is 0 Å². The number of methoxy groups -OCH3 is 1. The van der Waals surface area contributed by atoms with Crippen molar-refractivity contribution in [1.82, 2.24) is 5.32 Å². The van der Waals surface area contributed by atoms with Gasteiger partial charge in [0.25, 0.3) is 11.8 Å². The third kappa shape index (κ3) is 5.52. The molecule has 2 amide bonds. The Morgan fingerprint density at radius 3 is 2.45 bits per heavy atom. The molecule has 0 bridgehead atoms. The summed E-state index contributed by atoms with van der Waals surface area (Å²) in [5.74, 6) is -1.19. The number of hydrogen-bond donors (Lipinski definition) is 2. The van der Waals surface area contributed by atoms with E-state index in [-0.39, 0.29) is 5.91 Å². The molecule has 2 aromatic carbocycles. The highest BCUT2D eigenvalue weighted by Crippen LogP contribution is 2.15. The van der Waals surface area contributed by atoms with Crippen molar-refractivity contribution >= 4 is 34.8 Å². The maximum Gasteiger partial charge on any atom is 0.328 e. The van der Waals surface area contributed by atoms with Gasteiger partial charge in [-0.15, -0.1) is 11.3 Å². The molecule has 1 atom stereocenters. The van der Waals surface area contributed by atoms with Gasteiger partial charge in [0.1, 0.15) is 6.04 Å². The fourth-order valence-electron chi connectivity index (χ4n) is 2.77. The largest absolute Gasteiger partial charge is 0.467 e. The molecule has 3 aromatic rings. The van der Waals surface area contributed by atoms with Crippen molar-refractivity contribution in [3.05, 3.63) is 88.1 Å². The van der Waals surface area contributed by atoms with Crippen molar-refractivity contribution in [3.8, 4) is 0 Å². The molecule has 0 aliphatic heterocycles. The Kier molecular flexibility index (Phi) is 6.76. The van der Waals surface area contributed by atoms with Crippen LogP contribution in [0.3, 0.4) is 0 Å². The summed E-state index contributed by atoms with van der Waals surface area (Å²) >= 11 is 1.33. The molecule has 0 fully saturated rings. The average Bonchev–Trinajstić information content (AvgIpc) is 3.29. The Bertz CT molecular complexity index is 987. The molecular weight excluding hydrogens is 388 g/mol. The molecule has 7 heteroatoms. The van der Waals surface area contributed by atoms with E-state index >= 15 is 0 Å². The second-order valence-corrected chi connectivity index (χ2v) is 7.20. The Morgan fingerprint density at radius 1 is 0.966 bits per heavy atom. The summed E-state index contributed by atoms with van der Waals surface area (Å²) in [6, 6.07) is 18.6. The van der Waals surface area contributed by atoms with Crippen LogP contribution < -0.4 is 10.6 Å². The number of nitrogens with one attached hydrogen (secondary N) is 2. The van der Waals surface area contributed by atoms with Crippen LogP contribution in [0.5, 0.6) is 0 Å². The van der Waals surface area contributed by atoms with Gasteiger partial charge in [-0.1, -0.05) is 42.5 Å². The lowest BCUT2D eigenvalue weighted by Crippen LogP contribution is -2.43. The molecule has 0 aliphatic carbocycles. The molecule has 6 nitrogen and oxygen atoms in total. The summed E-state index contributed by atoms with van der Waals surface area (Å²) in [6.45, 7) is 0. The molecule has 29 heavy (non-hydrogen) atoms. The van der Waals surface area contributed by atoms with Crippen LogP contribution >= 0.6 is 11.3 Å². The second kappa shape index (κ2) is 9.66. The van der Waals surface area contributed by atoms with Crippen LogP contribution in [0.4, 0.5) is 5.69 Å². The first-order valence-corrected chi connectivity index (χ1v) is 9.82. The number of esters is 1. The average molecular weight is 408 g/mol. The lowest BCUT2D eigenvalue weighted by Gasteiger charge is -2.17. The molecule has 0 radical (unpaired) electrons. The minimum Gasteiger partial charge on any atom is -0.467 e. The van der Waals surface area contributed by atoms with Crippen molar-refractivity contribution in [2.45, 2.75) is 12.5 Å². The Morgan fingerprint density at radius 2 is 1.76 bits per heavy atom. The van der Waals surface area contributed by atoms with E-state index in [0.717, 1.165) is 5.56 Å². The highest BCUT2D eigenvalue weighted by Gasteiger charge is 2.22. The quantitative estimate of drug-likeness (QED) is 0.586. The van der Waals surface area contributed by atoms with Gasteiger partial charge in [0.05, 0.1) is 12.0 Å². The molecule has 0 unspecified atom stereocenters. The van der Waals surface area contributed by atoms with Crippen molar-refractivity contribution in [1.29, 1.82) is 0 Å². The smallest absolute Gasteiger partial charge is 0.328 e. The topological polar surface area (TPSA) is 84.5 Å². The lowest BCUT2D eigenvalue weighted by molar-refractivity contribution is -0.142. The molecular formula is C22H20N2O4S. The van der Waals surface area contributed by atoms with Gasteiger partial charge in [0, 0.05) is 17.7 Å². The number of carbonyl (C=O) groups is 3. The first kappa shape index (κ1) is 20.3. The normalized spacial score (nSPS) is 11.3. The van der Waals surface area contributed by atoms with Gasteiger partial charge in [-0.2, -0.15) is 0 Å². The van der Waals surface area contributed by atoms with Crippen LogP contribution in [0.15, 0.2) is 72.1 Å². The lowest BCUT2D eigenvalue weighted by atomic mass is 10.1. The molecule has 3 rings (SSSR count). The van der Waals surface area contributed by atoms with E-state index in [0.29, 0.717) is 22.5 Å². The zero-order valence-corrected chi connectivity index (χ0v) is 16.6. The molecule has 1 aromatic heterocycles. The summed E-state index contributed by atoms with van der Waals surface area (Å²) in [5.41, 5.74) is 1.73. The zero-order chi connectivity index (χ0) is 20.6. The van der Waals surface area contributed by atoms with E-state index in [9.17, 15) is 14.4 Å². The van der Waals surface area contributed by atoms with E-state index in [1.807, 2.05) is 35.7 Å². The van der Waals surface area contributed by atoms with E-state index in [1.165, 1.54) is 18.4 Å². The molecule has 2 N–H and O–H groups in total. The van der Waals surface area contributed by atoms with Crippen LogP contribution in [-0.4, -0.2) is 30.9 Å². The van der Waals surface area contributed by atoms with Crippen LogP contribution in [0, 0.1) is 0 Å². The monoisotopic (exact) mass is 408 g/mol. The van der Waals surface area contributed by atoms with Crippen LogP contribution in [0.2, 0.25) is 0 Å². The predicted octanol–water partition coefficient (Wildman–Crippen LogP) is 3.51. The second-order valence-electron chi connectivity index (χ2n) is 6.25. The van der Waals surface area contributed by atoms with Gasteiger partial charge < -0.3 is 15.4 Å².